The van der Waals surface area contributed by atoms with Crippen LogP contribution in [0, 0.1) is 5.41 Å². The van der Waals surface area contributed by atoms with Gasteiger partial charge in [-0.25, -0.2) is 0 Å². The lowest BCUT2D eigenvalue weighted by atomic mass is 9.78. The molecule has 1 aliphatic rings. The Morgan fingerprint density at radius 2 is 1.65 bits per heavy atom. The van der Waals surface area contributed by atoms with Crippen LogP contribution in [0.15, 0.2) is 24.3 Å². The van der Waals surface area contributed by atoms with Gasteiger partial charge in [0.15, 0.2) is 0 Å². The molecule has 1 aromatic rings. The molecular formula is C14H20N2O. The van der Waals surface area contributed by atoms with Crippen LogP contribution in [0.25, 0.3) is 5.76 Å². The van der Waals surface area contributed by atoms with E-state index in [4.69, 9.17) is 16.2 Å². The van der Waals surface area contributed by atoms with E-state index in [-0.39, 0.29) is 11.0 Å². The highest BCUT2D eigenvalue weighted by atomic mass is 16.5. The van der Waals surface area contributed by atoms with Gasteiger partial charge in [0.2, 0.25) is 0 Å². The maximum absolute atomic E-state index is 6.01. The van der Waals surface area contributed by atoms with Crippen LogP contribution in [0.2, 0.25) is 0 Å². The van der Waals surface area contributed by atoms with Gasteiger partial charge in [0.1, 0.15) is 11.4 Å². The molecule has 17 heavy (non-hydrogen) atoms. The number of rotatable bonds is 1. The fourth-order valence-corrected chi connectivity index (χ4v) is 1.81. The Kier molecular flexibility index (Phi) is 2.38. The zero-order valence-electron chi connectivity index (χ0n) is 10.9. The molecule has 0 atom stereocenters. The van der Waals surface area contributed by atoms with Crippen molar-refractivity contribution in [2.75, 3.05) is 11.5 Å². The average Bonchev–Trinajstić information content (AvgIpc) is 2.41. The number of nitrogen functional groups attached to an aromatic ring is 2. The van der Waals surface area contributed by atoms with Crippen LogP contribution in [0.3, 0.4) is 0 Å². The van der Waals surface area contributed by atoms with E-state index in [2.05, 4.69) is 33.8 Å². The Hall–Kier alpha value is -1.64. The van der Waals surface area contributed by atoms with E-state index in [9.17, 15) is 0 Å². The summed E-state index contributed by atoms with van der Waals surface area (Å²) in [5, 5.41) is 0. The van der Waals surface area contributed by atoms with Crippen molar-refractivity contribution in [3.8, 4) is 0 Å². The van der Waals surface area contributed by atoms with Crippen LogP contribution in [-0.2, 0) is 4.74 Å². The van der Waals surface area contributed by atoms with Crippen molar-refractivity contribution >= 4 is 17.1 Å². The molecule has 4 N–H and O–H groups in total. The number of anilines is 2. The van der Waals surface area contributed by atoms with Crippen LogP contribution in [0.4, 0.5) is 11.4 Å². The van der Waals surface area contributed by atoms with E-state index in [1.165, 1.54) is 0 Å². The van der Waals surface area contributed by atoms with Crippen LogP contribution >= 0.6 is 0 Å². The number of hydrogen-bond donors (Lipinski definition) is 2. The fraction of sp³-hybridized carbons (Fsp3) is 0.429. The minimum absolute atomic E-state index is 0.00151. The van der Waals surface area contributed by atoms with Gasteiger partial charge in [0.05, 0.1) is 11.4 Å². The summed E-state index contributed by atoms with van der Waals surface area (Å²) >= 11 is 0. The highest BCUT2D eigenvalue weighted by Crippen LogP contribution is 2.46. The van der Waals surface area contributed by atoms with Crippen molar-refractivity contribution < 1.29 is 4.74 Å². The first-order chi connectivity index (χ1) is 7.73. The Bertz CT molecular complexity index is 487. The number of nitrogens with two attached hydrogens (primary N) is 2. The topological polar surface area (TPSA) is 61.3 Å². The first-order valence-electron chi connectivity index (χ1n) is 5.80. The van der Waals surface area contributed by atoms with Crippen molar-refractivity contribution in [1.29, 1.82) is 0 Å². The predicted octanol–water partition coefficient (Wildman–Crippen LogP) is 3.03. The molecule has 0 radical (unpaired) electrons. The molecule has 0 unspecified atom stereocenters. The number of benzene rings is 1. The van der Waals surface area contributed by atoms with E-state index in [0.29, 0.717) is 11.4 Å². The summed E-state index contributed by atoms with van der Waals surface area (Å²) < 4.78 is 6.01. The summed E-state index contributed by atoms with van der Waals surface area (Å²) in [5.74, 6) is 0.881. The van der Waals surface area contributed by atoms with Crippen LogP contribution in [0.5, 0.6) is 0 Å². The van der Waals surface area contributed by atoms with Gasteiger partial charge in [0.25, 0.3) is 0 Å². The monoisotopic (exact) mass is 232 g/mol. The standard InChI is InChI=1S/C14H20N2O/c1-13(2)8-12(17-14(13,3)4)9-5-6-10(15)11(16)7-9/h5-8H,15-16H2,1-4H3. The van der Waals surface area contributed by atoms with E-state index >= 15 is 0 Å². The van der Waals surface area contributed by atoms with Gasteiger partial charge < -0.3 is 16.2 Å². The van der Waals surface area contributed by atoms with Crippen molar-refractivity contribution in [3.05, 3.63) is 29.8 Å². The van der Waals surface area contributed by atoms with Gasteiger partial charge in [-0.1, -0.05) is 13.8 Å². The van der Waals surface area contributed by atoms with Gasteiger partial charge in [-0.2, -0.15) is 0 Å². The van der Waals surface area contributed by atoms with E-state index in [0.717, 1.165) is 11.3 Å². The molecule has 0 saturated carbocycles. The second kappa shape index (κ2) is 3.42. The molecule has 0 fully saturated rings. The van der Waals surface area contributed by atoms with Crippen LogP contribution in [0.1, 0.15) is 33.3 Å². The van der Waals surface area contributed by atoms with E-state index < -0.39 is 0 Å². The third-order valence-corrected chi connectivity index (χ3v) is 3.78. The van der Waals surface area contributed by atoms with Crippen molar-refractivity contribution in [2.45, 2.75) is 33.3 Å². The minimum Gasteiger partial charge on any atom is -0.487 e. The highest BCUT2D eigenvalue weighted by Gasteiger charge is 2.43. The number of ether oxygens (including phenoxy) is 1. The SMILES string of the molecule is CC1(C)C=C(c2ccc(N)c(N)c2)OC1(C)C. The van der Waals surface area contributed by atoms with Gasteiger partial charge in [-0.15, -0.1) is 0 Å². The van der Waals surface area contributed by atoms with Crippen molar-refractivity contribution in [3.63, 3.8) is 0 Å². The Labute approximate surface area is 102 Å². The summed E-state index contributed by atoms with van der Waals surface area (Å²) in [7, 11) is 0. The molecule has 3 heteroatoms. The quantitative estimate of drug-likeness (QED) is 0.732. The zero-order valence-corrected chi connectivity index (χ0v) is 10.9. The van der Waals surface area contributed by atoms with Crippen molar-refractivity contribution in [1.82, 2.24) is 0 Å². The van der Waals surface area contributed by atoms with E-state index in [1.54, 1.807) is 0 Å². The first kappa shape index (κ1) is 11.8. The summed E-state index contributed by atoms with van der Waals surface area (Å²) in [5.41, 5.74) is 13.5. The highest BCUT2D eigenvalue weighted by molar-refractivity contribution is 5.72. The lowest BCUT2D eigenvalue weighted by Gasteiger charge is -2.33. The molecule has 0 saturated heterocycles. The van der Waals surface area contributed by atoms with Gasteiger partial charge in [-0.05, 0) is 38.1 Å². The largest absolute Gasteiger partial charge is 0.487 e. The van der Waals surface area contributed by atoms with Crippen molar-refractivity contribution in [2.24, 2.45) is 5.41 Å². The number of hydrogen-bond acceptors (Lipinski definition) is 3. The maximum Gasteiger partial charge on any atom is 0.124 e. The molecule has 0 aromatic heterocycles. The molecule has 2 rings (SSSR count). The lowest BCUT2D eigenvalue weighted by molar-refractivity contribution is 0.0191. The summed E-state index contributed by atoms with van der Waals surface area (Å²) in [6.07, 6.45) is 2.15. The third-order valence-electron chi connectivity index (χ3n) is 3.78. The third kappa shape index (κ3) is 1.86. The smallest absolute Gasteiger partial charge is 0.124 e. The average molecular weight is 232 g/mol. The van der Waals surface area contributed by atoms with Crippen LogP contribution < -0.4 is 11.5 Å². The molecule has 0 aliphatic carbocycles. The lowest BCUT2D eigenvalue weighted by Crippen LogP contribution is -2.35. The fourth-order valence-electron chi connectivity index (χ4n) is 1.81. The molecule has 1 aliphatic heterocycles. The summed E-state index contributed by atoms with van der Waals surface area (Å²) in [6, 6.07) is 5.61. The van der Waals surface area contributed by atoms with Crippen LogP contribution in [-0.4, -0.2) is 5.60 Å². The Morgan fingerprint density at radius 3 is 2.12 bits per heavy atom. The zero-order chi connectivity index (χ0) is 12.8. The molecule has 92 valence electrons. The molecule has 1 aromatic carbocycles. The van der Waals surface area contributed by atoms with E-state index in [1.807, 2.05) is 18.2 Å². The van der Waals surface area contributed by atoms with Gasteiger partial charge >= 0.3 is 0 Å². The Morgan fingerprint density at radius 1 is 1.00 bits per heavy atom. The summed E-state index contributed by atoms with van der Waals surface area (Å²) in [6.45, 7) is 8.52. The molecular weight excluding hydrogens is 212 g/mol. The normalized spacial score (nSPS) is 20.8. The van der Waals surface area contributed by atoms with Gasteiger partial charge in [-0.3, -0.25) is 0 Å². The molecule has 3 nitrogen and oxygen atoms in total. The van der Waals surface area contributed by atoms with Gasteiger partial charge in [0, 0.05) is 11.0 Å². The second-order valence-electron chi connectivity index (χ2n) is 5.69. The minimum atomic E-state index is -0.210. The molecule has 0 bridgehead atoms. The second-order valence-corrected chi connectivity index (χ2v) is 5.69. The predicted molar refractivity (Wildman–Crippen MR) is 72.2 cm³/mol. The first-order valence-corrected chi connectivity index (χ1v) is 5.80. The molecule has 0 spiro atoms. The summed E-state index contributed by atoms with van der Waals surface area (Å²) in [4.78, 5) is 0. The maximum atomic E-state index is 6.01. The molecule has 1 heterocycles. The Balaban J connectivity index is 2.40. The molecule has 0 amide bonds.